The summed E-state index contributed by atoms with van der Waals surface area (Å²) in [4.78, 5) is 4.23. The van der Waals surface area contributed by atoms with Crippen LogP contribution < -0.4 is 10.1 Å². The molecule has 0 saturated carbocycles. The molecule has 0 aliphatic rings. The Balaban J connectivity index is 2.56. The predicted molar refractivity (Wildman–Crippen MR) is 73.2 cm³/mol. The number of pyridine rings is 1. The Kier molecular flexibility index (Phi) is 7.01. The summed E-state index contributed by atoms with van der Waals surface area (Å²) in [5.41, 5.74) is 1.05. The lowest BCUT2D eigenvalue weighted by Gasteiger charge is -2.15. The van der Waals surface area contributed by atoms with Gasteiger partial charge in [0.05, 0.1) is 6.61 Å². The van der Waals surface area contributed by atoms with E-state index < -0.39 is 0 Å². The minimum atomic E-state index is -0.0606. The maximum Gasteiger partial charge on any atom is 0.232 e. The highest BCUT2D eigenvalue weighted by Gasteiger charge is 2.09. The molecule has 0 amide bonds. The number of nitrogens with one attached hydrogen (secondary N) is 1. The molecule has 0 aromatic carbocycles. The first-order valence-electron chi connectivity index (χ1n) is 6.26. The first kappa shape index (κ1) is 15.2. The van der Waals surface area contributed by atoms with E-state index in [1.807, 2.05) is 19.9 Å². The van der Waals surface area contributed by atoms with Gasteiger partial charge in [-0.2, -0.15) is 0 Å². The molecule has 0 bridgehead atoms. The van der Waals surface area contributed by atoms with Crippen LogP contribution in [0.4, 0.5) is 0 Å². The highest BCUT2D eigenvalue weighted by molar-refractivity contribution is 6.31. The molecule has 1 heterocycles. The van der Waals surface area contributed by atoms with E-state index in [9.17, 15) is 0 Å². The predicted octanol–water partition coefficient (Wildman–Crippen LogP) is 2.65. The van der Waals surface area contributed by atoms with E-state index in [1.165, 1.54) is 0 Å². The van der Waals surface area contributed by atoms with Crippen LogP contribution in [0.1, 0.15) is 26.3 Å². The average Bonchev–Trinajstić information content (AvgIpc) is 2.36. The smallest absolute Gasteiger partial charge is 0.232 e. The molecule has 4 nitrogen and oxygen atoms in total. The molecule has 18 heavy (non-hydrogen) atoms. The molecule has 5 heteroatoms. The molecular weight excluding hydrogens is 252 g/mol. The molecule has 0 radical (unpaired) electrons. The molecule has 1 unspecified atom stereocenters. The van der Waals surface area contributed by atoms with Crippen molar-refractivity contribution in [1.82, 2.24) is 10.3 Å². The first-order valence-corrected chi connectivity index (χ1v) is 6.64. The Labute approximate surface area is 114 Å². The van der Waals surface area contributed by atoms with Gasteiger partial charge in [0.15, 0.2) is 0 Å². The SMILES string of the molecule is CCNCc1cnc(OC(C)COCC)c(Cl)c1. The molecular formula is C13H21ClN2O2. The Morgan fingerprint density at radius 2 is 2.22 bits per heavy atom. The van der Waals surface area contributed by atoms with Gasteiger partial charge in [0.2, 0.25) is 5.88 Å². The topological polar surface area (TPSA) is 43.4 Å². The summed E-state index contributed by atoms with van der Waals surface area (Å²) in [6.07, 6.45) is 1.71. The molecule has 0 spiro atoms. The Hall–Kier alpha value is -0.840. The van der Waals surface area contributed by atoms with Crippen LogP contribution in [0.15, 0.2) is 12.3 Å². The molecule has 102 valence electrons. The minimum Gasteiger partial charge on any atom is -0.471 e. The number of rotatable bonds is 8. The monoisotopic (exact) mass is 272 g/mol. The van der Waals surface area contributed by atoms with E-state index in [-0.39, 0.29) is 6.10 Å². The summed E-state index contributed by atoms with van der Waals surface area (Å²) in [6.45, 7) is 8.83. The van der Waals surface area contributed by atoms with Crippen LogP contribution in [-0.2, 0) is 11.3 Å². The summed E-state index contributed by atoms with van der Waals surface area (Å²) >= 11 is 6.13. The average molecular weight is 273 g/mol. The van der Waals surface area contributed by atoms with Gasteiger partial charge >= 0.3 is 0 Å². The van der Waals surface area contributed by atoms with Gasteiger partial charge in [-0.15, -0.1) is 0 Å². The van der Waals surface area contributed by atoms with Crippen LogP contribution in [0.25, 0.3) is 0 Å². The van der Waals surface area contributed by atoms with Crippen LogP contribution in [0.3, 0.4) is 0 Å². The summed E-state index contributed by atoms with van der Waals surface area (Å²) in [6, 6.07) is 1.87. The number of aromatic nitrogens is 1. The lowest BCUT2D eigenvalue weighted by atomic mass is 10.3. The summed E-state index contributed by atoms with van der Waals surface area (Å²) in [5.74, 6) is 0.462. The fourth-order valence-corrected chi connectivity index (χ4v) is 1.66. The highest BCUT2D eigenvalue weighted by atomic mass is 35.5. The fourth-order valence-electron chi connectivity index (χ4n) is 1.43. The zero-order chi connectivity index (χ0) is 13.4. The molecule has 1 atom stereocenters. The third-order valence-corrected chi connectivity index (χ3v) is 2.58. The summed E-state index contributed by atoms with van der Waals surface area (Å²) < 4.78 is 10.9. The Morgan fingerprint density at radius 1 is 1.44 bits per heavy atom. The lowest BCUT2D eigenvalue weighted by Crippen LogP contribution is -2.20. The van der Waals surface area contributed by atoms with Gasteiger partial charge in [-0.1, -0.05) is 18.5 Å². The van der Waals surface area contributed by atoms with E-state index >= 15 is 0 Å². The van der Waals surface area contributed by atoms with E-state index in [2.05, 4.69) is 17.2 Å². The van der Waals surface area contributed by atoms with Gasteiger partial charge in [0.25, 0.3) is 0 Å². The van der Waals surface area contributed by atoms with Crippen LogP contribution in [0.5, 0.6) is 5.88 Å². The second-order valence-corrected chi connectivity index (χ2v) is 4.41. The van der Waals surface area contributed by atoms with Gasteiger partial charge in [-0.05, 0) is 32.0 Å². The van der Waals surface area contributed by atoms with Crippen molar-refractivity contribution in [2.24, 2.45) is 0 Å². The molecule has 1 N–H and O–H groups in total. The van der Waals surface area contributed by atoms with Crippen LogP contribution in [0.2, 0.25) is 5.02 Å². The number of hydrogen-bond acceptors (Lipinski definition) is 4. The molecule has 1 aromatic heterocycles. The standard InChI is InChI=1S/C13H21ClN2O2/c1-4-15-7-11-6-12(14)13(16-8-11)18-10(3)9-17-5-2/h6,8,10,15H,4-5,7,9H2,1-3H3. The van der Waals surface area contributed by atoms with Crippen molar-refractivity contribution in [2.45, 2.75) is 33.4 Å². The van der Waals surface area contributed by atoms with Crippen molar-refractivity contribution in [2.75, 3.05) is 19.8 Å². The van der Waals surface area contributed by atoms with Gasteiger partial charge in [-0.25, -0.2) is 4.98 Å². The van der Waals surface area contributed by atoms with Gasteiger partial charge in [-0.3, -0.25) is 0 Å². The summed E-state index contributed by atoms with van der Waals surface area (Å²) in [5, 5.41) is 3.76. The third-order valence-electron chi connectivity index (χ3n) is 2.31. The molecule has 1 rings (SSSR count). The zero-order valence-corrected chi connectivity index (χ0v) is 12.0. The second kappa shape index (κ2) is 8.29. The van der Waals surface area contributed by atoms with Crippen LogP contribution in [-0.4, -0.2) is 30.8 Å². The van der Waals surface area contributed by atoms with Crippen molar-refractivity contribution in [3.63, 3.8) is 0 Å². The second-order valence-electron chi connectivity index (χ2n) is 4.00. The molecule has 1 aromatic rings. The Bertz CT molecular complexity index is 361. The van der Waals surface area contributed by atoms with Crippen molar-refractivity contribution in [3.8, 4) is 5.88 Å². The summed E-state index contributed by atoms with van der Waals surface area (Å²) in [7, 11) is 0. The largest absolute Gasteiger partial charge is 0.471 e. The minimum absolute atomic E-state index is 0.0606. The van der Waals surface area contributed by atoms with E-state index in [4.69, 9.17) is 21.1 Å². The number of ether oxygens (including phenoxy) is 2. The fraction of sp³-hybridized carbons (Fsp3) is 0.615. The van der Waals surface area contributed by atoms with Crippen LogP contribution in [0, 0.1) is 0 Å². The molecule has 0 aliphatic heterocycles. The normalized spacial score (nSPS) is 12.4. The Morgan fingerprint density at radius 3 is 2.83 bits per heavy atom. The van der Waals surface area contributed by atoms with Crippen molar-refractivity contribution in [1.29, 1.82) is 0 Å². The third kappa shape index (κ3) is 5.21. The maximum absolute atomic E-state index is 6.13. The van der Waals surface area contributed by atoms with Crippen molar-refractivity contribution in [3.05, 3.63) is 22.8 Å². The van der Waals surface area contributed by atoms with E-state index in [0.717, 1.165) is 18.7 Å². The first-order chi connectivity index (χ1) is 8.67. The zero-order valence-electron chi connectivity index (χ0n) is 11.2. The van der Waals surface area contributed by atoms with Crippen LogP contribution >= 0.6 is 11.6 Å². The molecule has 0 aliphatic carbocycles. The lowest BCUT2D eigenvalue weighted by molar-refractivity contribution is 0.0634. The molecule has 0 saturated heterocycles. The van der Waals surface area contributed by atoms with Gasteiger partial charge in [0, 0.05) is 19.3 Å². The highest BCUT2D eigenvalue weighted by Crippen LogP contribution is 2.23. The van der Waals surface area contributed by atoms with E-state index in [1.54, 1.807) is 6.20 Å². The van der Waals surface area contributed by atoms with Crippen molar-refractivity contribution < 1.29 is 9.47 Å². The van der Waals surface area contributed by atoms with E-state index in [0.29, 0.717) is 24.1 Å². The number of nitrogens with zero attached hydrogens (tertiary/aromatic N) is 1. The quantitative estimate of drug-likeness (QED) is 0.790. The van der Waals surface area contributed by atoms with Gasteiger partial charge in [0.1, 0.15) is 11.1 Å². The number of hydrogen-bond donors (Lipinski definition) is 1. The maximum atomic E-state index is 6.13. The van der Waals surface area contributed by atoms with Crippen molar-refractivity contribution >= 4 is 11.6 Å². The van der Waals surface area contributed by atoms with Gasteiger partial charge < -0.3 is 14.8 Å². The molecule has 0 fully saturated rings. The number of halogens is 1.